The fourth-order valence-corrected chi connectivity index (χ4v) is 4.94. The summed E-state index contributed by atoms with van der Waals surface area (Å²) >= 11 is 7.56. The van der Waals surface area contributed by atoms with Gasteiger partial charge in [-0.3, -0.25) is 4.79 Å². The summed E-state index contributed by atoms with van der Waals surface area (Å²) in [6, 6.07) is 11.5. The molecule has 0 atom stereocenters. The molecule has 0 saturated carbocycles. The first-order chi connectivity index (χ1) is 19.0. The van der Waals surface area contributed by atoms with Gasteiger partial charge < -0.3 is 23.7 Å². The Bertz CT molecular complexity index is 1370. The number of nitrogens with zero attached hydrogens (tertiary/aromatic N) is 3. The Labute approximate surface area is 243 Å². The molecular formula is C29H35ClFN3O5S. The molecular weight excluding hydrogens is 557 g/mol. The van der Waals surface area contributed by atoms with Crippen molar-refractivity contribution in [1.82, 2.24) is 9.47 Å². The lowest BCUT2D eigenvalue weighted by molar-refractivity contribution is -0.143. The van der Waals surface area contributed by atoms with E-state index in [9.17, 15) is 14.0 Å². The number of aromatic nitrogens is 1. The summed E-state index contributed by atoms with van der Waals surface area (Å²) in [4.78, 5) is 31.9. The molecule has 0 aliphatic heterocycles. The molecule has 0 spiro atoms. The second-order valence-corrected chi connectivity index (χ2v) is 11.1. The number of ether oxygens (including phenoxy) is 3. The van der Waals surface area contributed by atoms with Crippen LogP contribution in [0.15, 0.2) is 52.8 Å². The third-order valence-corrected chi connectivity index (χ3v) is 6.75. The van der Waals surface area contributed by atoms with Crippen LogP contribution in [0.25, 0.3) is 11.3 Å². The third kappa shape index (κ3) is 9.09. The first kappa shape index (κ1) is 31.2. The fraction of sp³-hybridized carbons (Fsp3) is 0.414. The Balaban J connectivity index is 1.91. The van der Waals surface area contributed by atoms with E-state index in [1.165, 1.54) is 28.4 Å². The highest BCUT2D eigenvalue weighted by Crippen LogP contribution is 2.30. The van der Waals surface area contributed by atoms with Crippen molar-refractivity contribution in [2.24, 2.45) is 4.99 Å². The Morgan fingerprint density at radius 2 is 1.85 bits per heavy atom. The number of benzene rings is 2. The monoisotopic (exact) mass is 591 g/mol. The predicted molar refractivity (Wildman–Crippen MR) is 155 cm³/mol. The van der Waals surface area contributed by atoms with Crippen LogP contribution in [0.2, 0.25) is 5.02 Å². The number of halogens is 2. The van der Waals surface area contributed by atoms with Crippen LogP contribution in [-0.2, 0) is 20.8 Å². The van der Waals surface area contributed by atoms with Gasteiger partial charge in [-0.2, -0.15) is 0 Å². The predicted octanol–water partition coefficient (Wildman–Crippen LogP) is 6.83. The van der Waals surface area contributed by atoms with Crippen LogP contribution in [0.1, 0.15) is 40.5 Å². The second kappa shape index (κ2) is 14.3. The maximum Gasteiger partial charge on any atom is 0.410 e. The molecule has 0 radical (unpaired) electrons. The smallest absolute Gasteiger partial charge is 0.410 e. The maximum atomic E-state index is 13.6. The van der Waals surface area contributed by atoms with Gasteiger partial charge in [-0.25, -0.2) is 14.2 Å². The number of rotatable bonds is 11. The number of esters is 1. The topological polar surface area (TPSA) is 82.4 Å². The molecule has 0 bridgehead atoms. The van der Waals surface area contributed by atoms with E-state index >= 15 is 0 Å². The van der Waals surface area contributed by atoms with E-state index in [1.54, 1.807) is 65.1 Å². The Morgan fingerprint density at radius 1 is 1.12 bits per heavy atom. The summed E-state index contributed by atoms with van der Waals surface area (Å²) in [5, 5.41) is 2.49. The standard InChI is InChI=1S/C29H35ClFN3O5S/c1-6-38-26(35)14-17-33(28(36)39-29(2,3)4)15-7-16-34-24(20-8-11-22(31)12-9-20)19-40-27(34)32-23-13-10-21(30)18-25(23)37-5/h8-13,18-19H,6-7,14-17H2,1-5H3. The quantitative estimate of drug-likeness (QED) is 0.228. The van der Waals surface area contributed by atoms with Crippen LogP contribution in [0.5, 0.6) is 5.75 Å². The average Bonchev–Trinajstić information content (AvgIpc) is 3.28. The Hall–Kier alpha value is -3.37. The van der Waals surface area contributed by atoms with Gasteiger partial charge in [0.05, 0.1) is 25.8 Å². The number of methoxy groups -OCH3 is 1. The van der Waals surface area contributed by atoms with Crippen molar-refractivity contribution in [3.05, 3.63) is 63.5 Å². The fourth-order valence-electron chi connectivity index (χ4n) is 3.83. The molecule has 11 heteroatoms. The van der Waals surface area contributed by atoms with Gasteiger partial charge in [-0.15, -0.1) is 11.3 Å². The summed E-state index contributed by atoms with van der Waals surface area (Å²) in [5.74, 6) is -0.165. The van der Waals surface area contributed by atoms with Gasteiger partial charge in [0.25, 0.3) is 0 Å². The highest BCUT2D eigenvalue weighted by molar-refractivity contribution is 7.07. The molecule has 1 aromatic heterocycles. The highest BCUT2D eigenvalue weighted by atomic mass is 35.5. The van der Waals surface area contributed by atoms with Crippen molar-refractivity contribution < 1.29 is 28.2 Å². The zero-order valence-corrected chi connectivity index (χ0v) is 25.0. The van der Waals surface area contributed by atoms with E-state index in [2.05, 4.69) is 0 Å². The molecule has 1 heterocycles. The lowest BCUT2D eigenvalue weighted by Gasteiger charge is -2.27. The SMILES string of the molecule is CCOC(=O)CCN(CCCn1c(-c2ccc(F)cc2)csc1=Nc1ccc(Cl)cc1OC)C(=O)OC(C)(C)C. The van der Waals surface area contributed by atoms with Crippen LogP contribution in [0.3, 0.4) is 0 Å². The van der Waals surface area contributed by atoms with Gasteiger partial charge >= 0.3 is 12.1 Å². The number of thiazole rings is 1. The van der Waals surface area contributed by atoms with Crippen LogP contribution in [0.4, 0.5) is 14.9 Å². The summed E-state index contributed by atoms with van der Waals surface area (Å²) in [5.41, 5.74) is 1.61. The van der Waals surface area contributed by atoms with Crippen LogP contribution in [0, 0.1) is 5.82 Å². The average molecular weight is 592 g/mol. The molecule has 216 valence electrons. The largest absolute Gasteiger partial charge is 0.494 e. The minimum Gasteiger partial charge on any atom is -0.494 e. The van der Waals surface area contributed by atoms with Gasteiger partial charge in [-0.1, -0.05) is 11.6 Å². The summed E-state index contributed by atoms with van der Waals surface area (Å²) in [6.45, 7) is 8.40. The molecule has 0 fully saturated rings. The molecule has 1 amide bonds. The minimum absolute atomic E-state index is 0.0659. The molecule has 0 saturated heterocycles. The molecule has 8 nitrogen and oxygen atoms in total. The van der Waals surface area contributed by atoms with E-state index in [-0.39, 0.29) is 31.4 Å². The van der Waals surface area contributed by atoms with Gasteiger partial charge in [0.15, 0.2) is 4.80 Å². The van der Waals surface area contributed by atoms with Crippen molar-refractivity contribution in [3.8, 4) is 17.0 Å². The molecule has 0 aliphatic rings. The number of hydrogen-bond donors (Lipinski definition) is 0. The van der Waals surface area contributed by atoms with Crippen LogP contribution < -0.4 is 9.54 Å². The first-order valence-electron chi connectivity index (χ1n) is 13.0. The zero-order chi connectivity index (χ0) is 29.3. The van der Waals surface area contributed by atoms with Gasteiger partial charge in [0.2, 0.25) is 0 Å². The molecule has 3 aromatic rings. The normalized spacial score (nSPS) is 11.8. The highest BCUT2D eigenvalue weighted by Gasteiger charge is 2.23. The lowest BCUT2D eigenvalue weighted by atomic mass is 10.1. The number of carbonyl (C=O) groups excluding carboxylic acids is 2. The molecule has 0 N–H and O–H groups in total. The molecule has 0 aliphatic carbocycles. The molecule has 0 unspecified atom stereocenters. The van der Waals surface area contributed by atoms with Crippen molar-refractivity contribution in [2.45, 2.75) is 52.7 Å². The van der Waals surface area contributed by atoms with Crippen molar-refractivity contribution in [3.63, 3.8) is 0 Å². The van der Waals surface area contributed by atoms with Crippen molar-refractivity contribution in [2.75, 3.05) is 26.8 Å². The number of amides is 1. The third-order valence-electron chi connectivity index (χ3n) is 5.65. The van der Waals surface area contributed by atoms with Crippen molar-refractivity contribution >= 4 is 40.7 Å². The maximum absolute atomic E-state index is 13.6. The van der Waals surface area contributed by atoms with E-state index in [0.717, 1.165) is 11.3 Å². The van der Waals surface area contributed by atoms with Gasteiger partial charge in [0, 0.05) is 36.1 Å². The summed E-state index contributed by atoms with van der Waals surface area (Å²) < 4.78 is 31.7. The number of hydrogen-bond acceptors (Lipinski definition) is 7. The second-order valence-electron chi connectivity index (χ2n) is 9.87. The summed E-state index contributed by atoms with van der Waals surface area (Å²) in [6.07, 6.45) is 0.107. The van der Waals surface area contributed by atoms with Gasteiger partial charge in [-0.05, 0) is 76.1 Å². The number of carbonyl (C=O) groups is 2. The Kier molecular flexibility index (Phi) is 11.2. The lowest BCUT2D eigenvalue weighted by Crippen LogP contribution is -2.39. The van der Waals surface area contributed by atoms with E-state index < -0.39 is 11.7 Å². The van der Waals surface area contributed by atoms with E-state index in [4.69, 9.17) is 30.8 Å². The van der Waals surface area contributed by atoms with E-state index in [0.29, 0.717) is 40.8 Å². The van der Waals surface area contributed by atoms with Crippen molar-refractivity contribution in [1.29, 1.82) is 0 Å². The van der Waals surface area contributed by atoms with Gasteiger partial charge in [0.1, 0.15) is 22.9 Å². The minimum atomic E-state index is -0.680. The van der Waals surface area contributed by atoms with Crippen LogP contribution >= 0.6 is 22.9 Å². The first-order valence-corrected chi connectivity index (χ1v) is 14.2. The summed E-state index contributed by atoms with van der Waals surface area (Å²) in [7, 11) is 1.55. The molecule has 3 rings (SSSR count). The van der Waals surface area contributed by atoms with Crippen LogP contribution in [-0.4, -0.2) is 53.9 Å². The molecule has 40 heavy (non-hydrogen) atoms. The zero-order valence-electron chi connectivity index (χ0n) is 23.4. The Morgan fingerprint density at radius 3 is 2.50 bits per heavy atom. The van der Waals surface area contributed by atoms with E-state index in [1.807, 2.05) is 9.95 Å². The molecule has 2 aromatic carbocycles.